The lowest BCUT2D eigenvalue weighted by atomic mass is 10.1. The maximum Gasteiger partial charge on any atom is 0.270 e. The molecule has 0 fully saturated rings. The molecule has 100 valence electrons. The van der Waals surface area contributed by atoms with Gasteiger partial charge in [0.15, 0.2) is 0 Å². The molecule has 1 amide bonds. The zero-order chi connectivity index (χ0) is 13.7. The minimum atomic E-state index is -0.132. The molecule has 2 rings (SSSR count). The van der Waals surface area contributed by atoms with Crippen LogP contribution < -0.4 is 5.32 Å². The summed E-state index contributed by atoms with van der Waals surface area (Å²) in [5, 5.41) is 3.97. The fourth-order valence-corrected chi connectivity index (χ4v) is 2.10. The molecule has 0 bridgehead atoms. The second-order valence-corrected chi connectivity index (χ2v) is 4.97. The van der Waals surface area contributed by atoms with Crippen LogP contribution in [0.25, 0.3) is 10.9 Å². The Balaban J connectivity index is 2.08. The van der Waals surface area contributed by atoms with Crippen molar-refractivity contribution in [2.75, 3.05) is 5.88 Å². The Hall–Kier alpha value is -1.61. The molecule has 1 aromatic carbocycles. The topological polar surface area (TPSA) is 42.0 Å². The molecule has 1 atom stereocenters. The van der Waals surface area contributed by atoms with Gasteiger partial charge in [-0.2, -0.15) is 0 Å². The number of carbonyl (C=O) groups excluding carboxylic acids is 1. The van der Waals surface area contributed by atoms with Crippen molar-refractivity contribution in [1.29, 1.82) is 0 Å². The van der Waals surface area contributed by atoms with E-state index in [4.69, 9.17) is 11.6 Å². The van der Waals surface area contributed by atoms with Crippen LogP contribution in [0.2, 0.25) is 0 Å². The first-order valence-corrected chi connectivity index (χ1v) is 6.97. The van der Waals surface area contributed by atoms with E-state index >= 15 is 0 Å². The minimum absolute atomic E-state index is 0.111. The number of benzene rings is 1. The average molecular weight is 277 g/mol. The van der Waals surface area contributed by atoms with Crippen LogP contribution in [0.3, 0.4) is 0 Å². The highest BCUT2D eigenvalue weighted by atomic mass is 35.5. The lowest BCUT2D eigenvalue weighted by Gasteiger charge is -2.12. The molecule has 2 aromatic rings. The van der Waals surface area contributed by atoms with Crippen LogP contribution in [0.5, 0.6) is 0 Å². The Morgan fingerprint density at radius 2 is 2.11 bits per heavy atom. The smallest absolute Gasteiger partial charge is 0.270 e. The highest BCUT2D eigenvalue weighted by Crippen LogP contribution is 2.12. The van der Waals surface area contributed by atoms with E-state index in [0.29, 0.717) is 11.6 Å². The van der Waals surface area contributed by atoms with E-state index < -0.39 is 0 Å². The largest absolute Gasteiger partial charge is 0.348 e. The Morgan fingerprint density at radius 1 is 1.32 bits per heavy atom. The van der Waals surface area contributed by atoms with E-state index in [1.54, 1.807) is 6.07 Å². The third-order valence-corrected chi connectivity index (χ3v) is 3.25. The van der Waals surface area contributed by atoms with Gasteiger partial charge in [-0.1, -0.05) is 24.3 Å². The molecule has 0 aliphatic rings. The zero-order valence-electron chi connectivity index (χ0n) is 10.9. The minimum Gasteiger partial charge on any atom is -0.348 e. The van der Waals surface area contributed by atoms with Gasteiger partial charge in [0, 0.05) is 17.3 Å². The number of hydrogen-bond acceptors (Lipinski definition) is 2. The quantitative estimate of drug-likeness (QED) is 0.851. The van der Waals surface area contributed by atoms with Crippen molar-refractivity contribution in [2.24, 2.45) is 0 Å². The number of hydrogen-bond donors (Lipinski definition) is 1. The average Bonchev–Trinajstić information content (AvgIpc) is 2.44. The second-order valence-electron chi connectivity index (χ2n) is 4.59. The fraction of sp³-hybridized carbons (Fsp3) is 0.333. The van der Waals surface area contributed by atoms with Gasteiger partial charge in [-0.3, -0.25) is 4.79 Å². The predicted octanol–water partition coefficient (Wildman–Crippen LogP) is 3.37. The van der Waals surface area contributed by atoms with E-state index in [9.17, 15) is 4.79 Å². The van der Waals surface area contributed by atoms with Crippen LogP contribution in [0.1, 0.15) is 30.3 Å². The summed E-state index contributed by atoms with van der Waals surface area (Å²) in [7, 11) is 0. The number of nitrogens with zero attached hydrogens (tertiary/aromatic N) is 1. The highest BCUT2D eigenvalue weighted by Gasteiger charge is 2.11. The number of carbonyl (C=O) groups is 1. The van der Waals surface area contributed by atoms with E-state index in [2.05, 4.69) is 10.3 Å². The van der Waals surface area contributed by atoms with Crippen molar-refractivity contribution < 1.29 is 4.79 Å². The summed E-state index contributed by atoms with van der Waals surface area (Å²) in [5.41, 5.74) is 1.29. The van der Waals surface area contributed by atoms with Crippen molar-refractivity contribution >= 4 is 28.4 Å². The fourth-order valence-electron chi connectivity index (χ4n) is 1.95. The lowest BCUT2D eigenvalue weighted by Crippen LogP contribution is -2.33. The van der Waals surface area contributed by atoms with Gasteiger partial charge >= 0.3 is 0 Å². The first-order valence-electron chi connectivity index (χ1n) is 6.43. The molecule has 0 spiro atoms. The van der Waals surface area contributed by atoms with Gasteiger partial charge in [0.05, 0.1) is 5.52 Å². The number of rotatable bonds is 5. The molecule has 1 aromatic heterocycles. The van der Waals surface area contributed by atoms with Crippen molar-refractivity contribution in [3.63, 3.8) is 0 Å². The summed E-state index contributed by atoms with van der Waals surface area (Å²) >= 11 is 5.64. The summed E-state index contributed by atoms with van der Waals surface area (Å²) < 4.78 is 0. The molecular formula is C15H17ClN2O. The summed E-state index contributed by atoms with van der Waals surface area (Å²) in [6.45, 7) is 1.98. The number of pyridine rings is 1. The number of amides is 1. The van der Waals surface area contributed by atoms with Gasteiger partial charge in [-0.15, -0.1) is 11.6 Å². The number of para-hydroxylation sites is 1. The van der Waals surface area contributed by atoms with Crippen molar-refractivity contribution in [3.8, 4) is 0 Å². The molecule has 0 saturated carbocycles. The van der Waals surface area contributed by atoms with Crippen LogP contribution in [-0.2, 0) is 0 Å². The summed E-state index contributed by atoms with van der Waals surface area (Å²) in [4.78, 5) is 16.4. The van der Waals surface area contributed by atoms with Crippen LogP contribution in [-0.4, -0.2) is 22.8 Å². The Kier molecular flexibility index (Phi) is 4.74. The number of halogens is 1. The summed E-state index contributed by atoms with van der Waals surface area (Å²) in [5.74, 6) is 0.488. The van der Waals surface area contributed by atoms with E-state index in [-0.39, 0.29) is 11.9 Å². The monoisotopic (exact) mass is 276 g/mol. The Bertz CT molecular complexity index is 571. The maximum atomic E-state index is 12.1. The molecule has 0 aliphatic carbocycles. The van der Waals surface area contributed by atoms with E-state index in [1.165, 1.54) is 0 Å². The first kappa shape index (κ1) is 13.8. The first-order chi connectivity index (χ1) is 9.20. The van der Waals surface area contributed by atoms with E-state index in [0.717, 1.165) is 23.7 Å². The van der Waals surface area contributed by atoms with Gasteiger partial charge in [-0.25, -0.2) is 4.98 Å². The van der Waals surface area contributed by atoms with Crippen molar-refractivity contribution in [3.05, 3.63) is 42.1 Å². The Morgan fingerprint density at radius 3 is 2.89 bits per heavy atom. The number of alkyl halides is 1. The molecule has 1 N–H and O–H groups in total. The zero-order valence-corrected chi connectivity index (χ0v) is 11.7. The van der Waals surface area contributed by atoms with Gasteiger partial charge in [0.1, 0.15) is 5.69 Å². The molecule has 3 nitrogen and oxygen atoms in total. The third-order valence-electron chi connectivity index (χ3n) is 2.98. The number of nitrogens with one attached hydrogen (secondary N) is 1. The van der Waals surface area contributed by atoms with Crippen molar-refractivity contribution in [1.82, 2.24) is 10.3 Å². The SMILES string of the molecule is CC(CCCCl)NC(=O)c1ccc2ccccc2n1. The van der Waals surface area contributed by atoms with Crippen LogP contribution in [0.15, 0.2) is 36.4 Å². The molecule has 0 saturated heterocycles. The summed E-state index contributed by atoms with van der Waals surface area (Å²) in [6.07, 6.45) is 1.77. The van der Waals surface area contributed by atoms with Crippen LogP contribution >= 0.6 is 11.6 Å². The van der Waals surface area contributed by atoms with Crippen molar-refractivity contribution in [2.45, 2.75) is 25.8 Å². The third kappa shape index (κ3) is 3.67. The van der Waals surface area contributed by atoms with Gasteiger partial charge in [0.2, 0.25) is 0 Å². The number of fused-ring (bicyclic) bond motifs is 1. The normalized spacial score (nSPS) is 12.3. The second kappa shape index (κ2) is 6.53. The Labute approximate surface area is 118 Å². The van der Waals surface area contributed by atoms with Crippen LogP contribution in [0.4, 0.5) is 0 Å². The van der Waals surface area contributed by atoms with E-state index in [1.807, 2.05) is 37.3 Å². The van der Waals surface area contributed by atoms with Gasteiger partial charge in [-0.05, 0) is 31.9 Å². The molecule has 1 unspecified atom stereocenters. The molecule has 0 aliphatic heterocycles. The lowest BCUT2D eigenvalue weighted by molar-refractivity contribution is 0.0933. The predicted molar refractivity (Wildman–Crippen MR) is 78.6 cm³/mol. The highest BCUT2D eigenvalue weighted by molar-refractivity contribution is 6.17. The van der Waals surface area contributed by atoms with Crippen LogP contribution in [0, 0.1) is 0 Å². The maximum absolute atomic E-state index is 12.1. The standard InChI is InChI=1S/C15H17ClN2O/c1-11(5-4-10-16)17-15(19)14-9-8-12-6-2-3-7-13(12)18-14/h2-3,6-9,11H,4-5,10H2,1H3,(H,17,19). The van der Waals surface area contributed by atoms with Gasteiger partial charge < -0.3 is 5.32 Å². The summed E-state index contributed by atoms with van der Waals surface area (Å²) in [6, 6.07) is 11.5. The molecule has 0 radical (unpaired) electrons. The molecule has 4 heteroatoms. The molecule has 19 heavy (non-hydrogen) atoms. The molecular weight excluding hydrogens is 260 g/mol. The van der Waals surface area contributed by atoms with Gasteiger partial charge in [0.25, 0.3) is 5.91 Å². The number of aromatic nitrogens is 1. The molecule has 1 heterocycles.